The maximum atomic E-state index is 12.6. The minimum absolute atomic E-state index is 0.0179. The van der Waals surface area contributed by atoms with Crippen LogP contribution in [-0.4, -0.2) is 8.42 Å². The molecule has 2 aromatic carbocycles. The summed E-state index contributed by atoms with van der Waals surface area (Å²) in [5.74, 6) is 0. The summed E-state index contributed by atoms with van der Waals surface area (Å²) in [7, 11) is -3.96. The zero-order chi connectivity index (χ0) is 15.9. The molecule has 0 fully saturated rings. The normalized spacial score (nSPS) is 11.7. The molecule has 0 aliphatic rings. The van der Waals surface area contributed by atoms with Crippen molar-refractivity contribution in [3.05, 3.63) is 68.4 Å². The van der Waals surface area contributed by atoms with Crippen LogP contribution in [0.5, 0.6) is 0 Å². The smallest absolute Gasteiger partial charge is 0.355 e. The maximum Gasteiger partial charge on any atom is 0.355 e. The Hall–Kier alpha value is -1.63. The lowest BCUT2D eigenvalue weighted by Gasteiger charge is -2.05. The van der Waals surface area contributed by atoms with Gasteiger partial charge in [0.15, 0.2) is 4.90 Å². The molecule has 0 amide bonds. The van der Waals surface area contributed by atoms with Gasteiger partial charge < -0.3 is 4.42 Å². The maximum absolute atomic E-state index is 12.6. The first-order chi connectivity index (χ1) is 10.4. The van der Waals surface area contributed by atoms with Crippen LogP contribution in [-0.2, 0) is 9.84 Å². The highest BCUT2D eigenvalue weighted by Gasteiger charge is 2.23. The van der Waals surface area contributed by atoms with Gasteiger partial charge in [-0.2, -0.15) is 0 Å². The highest BCUT2D eigenvalue weighted by atomic mass is 79.9. The largest absolute Gasteiger partial charge is 0.422 e. The van der Waals surface area contributed by atoms with E-state index in [9.17, 15) is 13.2 Å². The van der Waals surface area contributed by atoms with Gasteiger partial charge in [-0.25, -0.2) is 13.2 Å². The molecule has 3 aromatic rings. The van der Waals surface area contributed by atoms with Gasteiger partial charge >= 0.3 is 5.63 Å². The summed E-state index contributed by atoms with van der Waals surface area (Å²) >= 11 is 9.12. The second-order valence-electron chi connectivity index (χ2n) is 4.54. The Morgan fingerprint density at radius 2 is 1.68 bits per heavy atom. The number of hydrogen-bond acceptors (Lipinski definition) is 4. The van der Waals surface area contributed by atoms with Gasteiger partial charge in [-0.05, 0) is 48.5 Å². The van der Waals surface area contributed by atoms with E-state index in [1.165, 1.54) is 24.3 Å². The van der Waals surface area contributed by atoms with Crippen LogP contribution in [0.2, 0.25) is 5.02 Å². The molecular weight excluding hydrogens is 392 g/mol. The summed E-state index contributed by atoms with van der Waals surface area (Å²) in [5.41, 5.74) is -0.623. The molecule has 0 bridgehead atoms. The fourth-order valence-electron chi connectivity index (χ4n) is 2.00. The van der Waals surface area contributed by atoms with Gasteiger partial charge in [-0.3, -0.25) is 0 Å². The Morgan fingerprint density at radius 1 is 1.00 bits per heavy atom. The van der Waals surface area contributed by atoms with Gasteiger partial charge in [-0.1, -0.05) is 27.5 Å². The van der Waals surface area contributed by atoms with Crippen molar-refractivity contribution in [2.24, 2.45) is 0 Å². The number of rotatable bonds is 2. The van der Waals surface area contributed by atoms with Crippen molar-refractivity contribution in [1.29, 1.82) is 0 Å². The average molecular weight is 400 g/mol. The molecule has 7 heteroatoms. The highest BCUT2D eigenvalue weighted by molar-refractivity contribution is 9.10. The van der Waals surface area contributed by atoms with Gasteiger partial charge in [0.2, 0.25) is 9.84 Å². The summed E-state index contributed by atoms with van der Waals surface area (Å²) in [6, 6.07) is 11.9. The van der Waals surface area contributed by atoms with E-state index in [1.807, 2.05) is 0 Å². The van der Waals surface area contributed by atoms with Crippen molar-refractivity contribution in [1.82, 2.24) is 0 Å². The van der Waals surface area contributed by atoms with Gasteiger partial charge in [0.25, 0.3) is 0 Å². The predicted molar refractivity (Wildman–Crippen MR) is 87.1 cm³/mol. The van der Waals surface area contributed by atoms with E-state index in [-0.39, 0.29) is 10.5 Å². The standard InChI is InChI=1S/C15H8BrClO4S/c16-10-1-4-12(5-2-10)22(19,20)14-8-9-7-11(17)3-6-13(9)21-15(14)18/h1-8H. The molecule has 22 heavy (non-hydrogen) atoms. The fourth-order valence-corrected chi connectivity index (χ4v) is 3.74. The third-order valence-corrected chi connectivity index (χ3v) is 5.60. The van der Waals surface area contributed by atoms with E-state index < -0.39 is 20.4 Å². The van der Waals surface area contributed by atoms with E-state index in [4.69, 9.17) is 16.0 Å². The minimum atomic E-state index is -3.96. The van der Waals surface area contributed by atoms with Crippen molar-refractivity contribution in [2.75, 3.05) is 0 Å². The number of sulfone groups is 1. The van der Waals surface area contributed by atoms with Crippen LogP contribution in [0.4, 0.5) is 0 Å². The molecule has 0 saturated heterocycles. The van der Waals surface area contributed by atoms with E-state index in [0.717, 1.165) is 4.47 Å². The van der Waals surface area contributed by atoms with Gasteiger partial charge in [-0.15, -0.1) is 0 Å². The molecule has 3 rings (SSSR count). The van der Waals surface area contributed by atoms with E-state index in [1.54, 1.807) is 24.3 Å². The van der Waals surface area contributed by atoms with Crippen molar-refractivity contribution < 1.29 is 12.8 Å². The lowest BCUT2D eigenvalue weighted by atomic mass is 10.2. The lowest BCUT2D eigenvalue weighted by molar-refractivity contribution is 0.532. The van der Waals surface area contributed by atoms with Crippen LogP contribution in [0.3, 0.4) is 0 Å². The lowest BCUT2D eigenvalue weighted by Crippen LogP contribution is -2.14. The van der Waals surface area contributed by atoms with Crippen LogP contribution in [0.15, 0.2) is 72.0 Å². The molecule has 0 spiro atoms. The van der Waals surface area contributed by atoms with Crippen LogP contribution in [0.25, 0.3) is 11.0 Å². The number of halogens is 2. The third-order valence-electron chi connectivity index (χ3n) is 3.08. The van der Waals surface area contributed by atoms with Crippen molar-refractivity contribution >= 4 is 48.3 Å². The quantitative estimate of drug-likeness (QED) is 0.610. The number of fused-ring (bicyclic) bond motifs is 1. The third kappa shape index (κ3) is 2.69. The van der Waals surface area contributed by atoms with E-state index >= 15 is 0 Å². The first-order valence-electron chi connectivity index (χ1n) is 6.12. The summed E-state index contributed by atoms with van der Waals surface area (Å²) < 4.78 is 31.0. The second-order valence-corrected chi connectivity index (χ2v) is 7.81. The van der Waals surface area contributed by atoms with Crippen LogP contribution in [0, 0.1) is 0 Å². The monoisotopic (exact) mass is 398 g/mol. The molecule has 0 radical (unpaired) electrons. The zero-order valence-corrected chi connectivity index (χ0v) is 14.1. The SMILES string of the molecule is O=c1oc2ccc(Cl)cc2cc1S(=O)(=O)c1ccc(Br)cc1. The predicted octanol–water partition coefficient (Wildman–Crippen LogP) is 4.04. The Morgan fingerprint density at radius 3 is 2.36 bits per heavy atom. The molecule has 0 atom stereocenters. The second kappa shape index (κ2) is 5.53. The highest BCUT2D eigenvalue weighted by Crippen LogP contribution is 2.24. The van der Waals surface area contributed by atoms with Gasteiger partial charge in [0.05, 0.1) is 4.90 Å². The first-order valence-corrected chi connectivity index (χ1v) is 8.77. The van der Waals surface area contributed by atoms with Crippen LogP contribution in [0.1, 0.15) is 0 Å². The van der Waals surface area contributed by atoms with E-state index in [2.05, 4.69) is 15.9 Å². The average Bonchev–Trinajstić information content (AvgIpc) is 2.47. The zero-order valence-electron chi connectivity index (χ0n) is 10.9. The Kier molecular flexibility index (Phi) is 3.84. The number of benzene rings is 2. The van der Waals surface area contributed by atoms with Gasteiger partial charge in [0.1, 0.15) is 5.58 Å². The summed E-state index contributed by atoms with van der Waals surface area (Å²) in [6.07, 6.45) is 0. The first kappa shape index (κ1) is 15.3. The summed E-state index contributed by atoms with van der Waals surface area (Å²) in [4.78, 5) is 11.6. The van der Waals surface area contributed by atoms with Crippen LogP contribution >= 0.6 is 27.5 Å². The van der Waals surface area contributed by atoms with Crippen molar-refractivity contribution in [2.45, 2.75) is 9.79 Å². The summed E-state index contributed by atoms with van der Waals surface area (Å²) in [5, 5.41) is 0.871. The molecule has 0 unspecified atom stereocenters. The van der Waals surface area contributed by atoms with E-state index in [0.29, 0.717) is 10.4 Å². The fraction of sp³-hybridized carbons (Fsp3) is 0. The number of hydrogen-bond donors (Lipinski definition) is 0. The Bertz CT molecular complexity index is 1020. The molecule has 0 aliphatic carbocycles. The minimum Gasteiger partial charge on any atom is -0.422 e. The molecular formula is C15H8BrClO4S. The van der Waals surface area contributed by atoms with Crippen molar-refractivity contribution in [3.63, 3.8) is 0 Å². The Labute approximate surface area is 139 Å². The van der Waals surface area contributed by atoms with Gasteiger partial charge in [0, 0.05) is 14.9 Å². The summed E-state index contributed by atoms with van der Waals surface area (Å²) in [6.45, 7) is 0. The molecule has 4 nitrogen and oxygen atoms in total. The molecule has 0 aliphatic heterocycles. The topological polar surface area (TPSA) is 64.3 Å². The molecule has 112 valence electrons. The van der Waals surface area contributed by atoms with Crippen LogP contribution < -0.4 is 5.63 Å². The molecule has 1 aromatic heterocycles. The molecule has 0 N–H and O–H groups in total. The molecule has 0 saturated carbocycles. The Balaban J connectivity index is 2.26. The van der Waals surface area contributed by atoms with Crippen molar-refractivity contribution in [3.8, 4) is 0 Å². The molecule has 1 heterocycles.